The van der Waals surface area contributed by atoms with Crippen molar-refractivity contribution in [3.8, 4) is 5.75 Å². The van der Waals surface area contributed by atoms with Crippen LogP contribution >= 0.6 is 0 Å². The fourth-order valence-corrected chi connectivity index (χ4v) is 5.24. The predicted molar refractivity (Wildman–Crippen MR) is 145 cm³/mol. The normalized spacial score (nSPS) is 14.4. The Hall–Kier alpha value is -4.20. The summed E-state index contributed by atoms with van der Waals surface area (Å²) in [5.41, 5.74) is 4.11. The van der Waals surface area contributed by atoms with E-state index in [2.05, 4.69) is 15.6 Å². The van der Waals surface area contributed by atoms with Crippen molar-refractivity contribution in [2.45, 2.75) is 57.8 Å². The Bertz CT molecular complexity index is 1430. The number of benzene rings is 3. The standard InChI is InChI=1S/C30H33N5O3/c1-21-10-3-6-15-25(21)29(30(37)31-23-12-4-5-13-23)34(19-22-11-9-14-24(18-22)38-2)28(36)20-35-27-17-8-7-16-26(27)32-33-35/h3,6-11,14-18,23,29H,4-5,12-13,19-20H2,1-2H3,(H,31,37)/t29-/m0/s1. The molecule has 1 saturated carbocycles. The van der Waals surface area contributed by atoms with Crippen molar-refractivity contribution in [3.05, 3.63) is 89.5 Å². The monoisotopic (exact) mass is 511 g/mol. The Labute approximate surface area is 222 Å². The Morgan fingerprint density at radius 1 is 1.05 bits per heavy atom. The zero-order valence-electron chi connectivity index (χ0n) is 21.8. The van der Waals surface area contributed by atoms with E-state index in [1.165, 1.54) is 0 Å². The van der Waals surface area contributed by atoms with Gasteiger partial charge in [0.25, 0.3) is 0 Å². The Morgan fingerprint density at radius 3 is 2.61 bits per heavy atom. The van der Waals surface area contributed by atoms with Crippen LogP contribution < -0.4 is 10.1 Å². The summed E-state index contributed by atoms with van der Waals surface area (Å²) in [6.45, 7) is 2.17. The molecular formula is C30H33N5O3. The molecule has 0 bridgehead atoms. The number of hydrogen-bond donors (Lipinski definition) is 1. The largest absolute Gasteiger partial charge is 0.497 e. The molecule has 3 aromatic carbocycles. The number of carbonyl (C=O) groups is 2. The van der Waals surface area contributed by atoms with E-state index < -0.39 is 6.04 Å². The van der Waals surface area contributed by atoms with Crippen LogP contribution in [-0.4, -0.2) is 44.9 Å². The quantitative estimate of drug-likeness (QED) is 0.355. The highest BCUT2D eigenvalue weighted by Gasteiger charge is 2.34. The Balaban J connectivity index is 1.55. The van der Waals surface area contributed by atoms with Crippen molar-refractivity contribution in [1.29, 1.82) is 0 Å². The van der Waals surface area contributed by atoms with Crippen molar-refractivity contribution in [3.63, 3.8) is 0 Å². The molecule has 2 amide bonds. The van der Waals surface area contributed by atoms with E-state index in [4.69, 9.17) is 4.74 Å². The molecule has 4 aromatic rings. The van der Waals surface area contributed by atoms with Gasteiger partial charge in [-0.3, -0.25) is 9.59 Å². The molecule has 1 aliphatic carbocycles. The van der Waals surface area contributed by atoms with E-state index >= 15 is 0 Å². The van der Waals surface area contributed by atoms with Crippen molar-refractivity contribution in [2.24, 2.45) is 0 Å². The lowest BCUT2D eigenvalue weighted by Crippen LogP contribution is -2.47. The summed E-state index contributed by atoms with van der Waals surface area (Å²) < 4.78 is 7.02. The second kappa shape index (κ2) is 11.5. The zero-order valence-corrected chi connectivity index (χ0v) is 21.8. The molecule has 1 aliphatic rings. The minimum atomic E-state index is -0.801. The maximum atomic E-state index is 14.1. The lowest BCUT2D eigenvalue weighted by Gasteiger charge is -2.33. The number of nitrogens with one attached hydrogen (secondary N) is 1. The number of carbonyl (C=O) groups excluding carboxylic acids is 2. The first-order valence-electron chi connectivity index (χ1n) is 13.1. The van der Waals surface area contributed by atoms with E-state index in [0.29, 0.717) is 11.3 Å². The van der Waals surface area contributed by atoms with Crippen LogP contribution in [0.5, 0.6) is 5.75 Å². The minimum absolute atomic E-state index is 0.0381. The molecule has 1 atom stereocenters. The number of fused-ring (bicyclic) bond motifs is 1. The SMILES string of the molecule is COc1cccc(CN(C(=O)Cn2nnc3ccccc32)[C@H](C(=O)NC2CCCC2)c2ccccc2C)c1. The smallest absolute Gasteiger partial charge is 0.247 e. The van der Waals surface area contributed by atoms with Gasteiger partial charge in [-0.2, -0.15) is 0 Å². The van der Waals surface area contributed by atoms with Gasteiger partial charge in [0.15, 0.2) is 0 Å². The highest BCUT2D eigenvalue weighted by molar-refractivity contribution is 5.89. The molecular weight excluding hydrogens is 478 g/mol. The number of rotatable bonds is 9. The molecule has 0 radical (unpaired) electrons. The van der Waals surface area contributed by atoms with E-state index in [1.807, 2.05) is 79.7 Å². The highest BCUT2D eigenvalue weighted by atomic mass is 16.5. The number of nitrogens with zero attached hydrogens (tertiary/aromatic N) is 4. The van der Waals surface area contributed by atoms with Crippen molar-refractivity contribution < 1.29 is 14.3 Å². The van der Waals surface area contributed by atoms with Gasteiger partial charge >= 0.3 is 0 Å². The van der Waals surface area contributed by atoms with E-state index in [0.717, 1.165) is 47.9 Å². The third-order valence-corrected chi connectivity index (χ3v) is 7.26. The fourth-order valence-electron chi connectivity index (χ4n) is 5.24. The first-order chi connectivity index (χ1) is 18.5. The van der Waals surface area contributed by atoms with Crippen LogP contribution in [0.4, 0.5) is 0 Å². The lowest BCUT2D eigenvalue weighted by molar-refractivity contribution is -0.142. The number of hydrogen-bond acceptors (Lipinski definition) is 5. The van der Waals surface area contributed by atoms with Crippen LogP contribution in [-0.2, 0) is 22.7 Å². The average Bonchev–Trinajstić information content (AvgIpc) is 3.59. The molecule has 8 heteroatoms. The summed E-state index contributed by atoms with van der Waals surface area (Å²) in [5, 5.41) is 11.7. The summed E-state index contributed by atoms with van der Waals surface area (Å²) in [4.78, 5) is 29.7. The summed E-state index contributed by atoms with van der Waals surface area (Å²) in [6.07, 6.45) is 4.12. The third-order valence-electron chi connectivity index (χ3n) is 7.26. The van der Waals surface area contributed by atoms with Gasteiger partial charge in [0, 0.05) is 12.6 Å². The average molecular weight is 512 g/mol. The van der Waals surface area contributed by atoms with Gasteiger partial charge in [0.05, 0.1) is 12.6 Å². The number of amides is 2. The molecule has 8 nitrogen and oxygen atoms in total. The van der Waals surface area contributed by atoms with Gasteiger partial charge in [0.2, 0.25) is 11.8 Å². The number of aromatic nitrogens is 3. The number of para-hydroxylation sites is 1. The van der Waals surface area contributed by atoms with Gasteiger partial charge in [0.1, 0.15) is 23.9 Å². The van der Waals surface area contributed by atoms with Crippen molar-refractivity contribution in [2.75, 3.05) is 7.11 Å². The first kappa shape index (κ1) is 25.4. The van der Waals surface area contributed by atoms with E-state index in [-0.39, 0.29) is 30.9 Å². The molecule has 1 aromatic heterocycles. The van der Waals surface area contributed by atoms with Gasteiger partial charge in [-0.05, 0) is 60.7 Å². The van der Waals surface area contributed by atoms with Crippen LogP contribution in [0.25, 0.3) is 11.0 Å². The maximum absolute atomic E-state index is 14.1. The number of methoxy groups -OCH3 is 1. The Kier molecular flexibility index (Phi) is 7.67. The van der Waals surface area contributed by atoms with Gasteiger partial charge in [-0.25, -0.2) is 4.68 Å². The summed E-state index contributed by atoms with van der Waals surface area (Å²) in [6, 6.07) is 22.2. The van der Waals surface area contributed by atoms with E-state index in [1.54, 1.807) is 16.7 Å². The molecule has 38 heavy (non-hydrogen) atoms. The molecule has 0 unspecified atom stereocenters. The highest BCUT2D eigenvalue weighted by Crippen LogP contribution is 2.29. The lowest BCUT2D eigenvalue weighted by atomic mass is 9.97. The maximum Gasteiger partial charge on any atom is 0.247 e. The minimum Gasteiger partial charge on any atom is -0.497 e. The molecule has 1 heterocycles. The molecule has 1 fully saturated rings. The summed E-state index contributed by atoms with van der Waals surface area (Å²) in [7, 11) is 1.61. The van der Waals surface area contributed by atoms with Gasteiger partial charge in [-0.1, -0.05) is 66.6 Å². The molecule has 196 valence electrons. The van der Waals surface area contributed by atoms with E-state index in [9.17, 15) is 9.59 Å². The second-order valence-corrected chi connectivity index (χ2v) is 9.86. The van der Waals surface area contributed by atoms with Crippen molar-refractivity contribution in [1.82, 2.24) is 25.2 Å². The fraction of sp³-hybridized carbons (Fsp3) is 0.333. The van der Waals surface area contributed by atoms with Gasteiger partial charge < -0.3 is 15.0 Å². The van der Waals surface area contributed by atoms with Crippen LogP contribution in [0.2, 0.25) is 0 Å². The molecule has 5 rings (SSSR count). The van der Waals surface area contributed by atoms with Gasteiger partial charge in [-0.15, -0.1) is 5.10 Å². The zero-order chi connectivity index (χ0) is 26.5. The topological polar surface area (TPSA) is 89.3 Å². The predicted octanol–water partition coefficient (Wildman–Crippen LogP) is 4.58. The summed E-state index contributed by atoms with van der Waals surface area (Å²) in [5.74, 6) is 0.309. The summed E-state index contributed by atoms with van der Waals surface area (Å²) >= 11 is 0. The molecule has 0 spiro atoms. The molecule has 0 saturated heterocycles. The third kappa shape index (κ3) is 5.54. The molecule has 0 aliphatic heterocycles. The number of aryl methyl sites for hydroxylation is 1. The van der Waals surface area contributed by atoms with Crippen molar-refractivity contribution >= 4 is 22.8 Å². The molecule has 1 N–H and O–H groups in total. The number of ether oxygens (including phenoxy) is 1. The van der Waals surface area contributed by atoms with Crippen LogP contribution in [0.15, 0.2) is 72.8 Å². The van der Waals surface area contributed by atoms with Crippen LogP contribution in [0, 0.1) is 6.92 Å². The first-order valence-corrected chi connectivity index (χ1v) is 13.1. The second-order valence-electron chi connectivity index (χ2n) is 9.86. The van der Waals surface area contributed by atoms with Crippen LogP contribution in [0.1, 0.15) is 48.4 Å². The Morgan fingerprint density at radius 2 is 1.82 bits per heavy atom. The van der Waals surface area contributed by atoms with Crippen LogP contribution in [0.3, 0.4) is 0 Å².